The minimum Gasteiger partial charge on any atom is -0.422 e. The Morgan fingerprint density at radius 1 is 1.12 bits per heavy atom. The molecule has 0 amide bonds. The van der Waals surface area contributed by atoms with Crippen molar-refractivity contribution in [2.45, 2.75) is 0 Å². The van der Waals surface area contributed by atoms with Crippen molar-refractivity contribution in [3.63, 3.8) is 0 Å². The SMILES string of the molecule is C[n+]1ccccc1/C=C/c1cc2cc3c(cc2oc1=O)C#C/C=C\C=C3. The first kappa shape index (κ1) is 15.9. The predicted octanol–water partition coefficient (Wildman–Crippen LogP) is 3.72. The number of rotatable bonds is 2. The number of hydrogen-bond donors (Lipinski definition) is 0. The maximum Gasteiger partial charge on any atom is 0.343 e. The van der Waals surface area contributed by atoms with Crippen LogP contribution in [-0.4, -0.2) is 0 Å². The molecule has 2 heterocycles. The van der Waals surface area contributed by atoms with Crippen molar-refractivity contribution < 1.29 is 8.98 Å². The molecule has 0 N–H and O–H groups in total. The first-order chi connectivity index (χ1) is 12.7. The molecule has 124 valence electrons. The van der Waals surface area contributed by atoms with Gasteiger partial charge >= 0.3 is 5.63 Å². The summed E-state index contributed by atoms with van der Waals surface area (Å²) >= 11 is 0. The summed E-state index contributed by atoms with van der Waals surface area (Å²) in [6, 6.07) is 11.6. The third kappa shape index (κ3) is 3.13. The lowest BCUT2D eigenvalue weighted by molar-refractivity contribution is -0.673. The van der Waals surface area contributed by atoms with Crippen LogP contribution >= 0.6 is 0 Å². The molecular weight excluding hydrogens is 322 g/mol. The van der Waals surface area contributed by atoms with E-state index in [1.54, 1.807) is 12.2 Å². The zero-order valence-corrected chi connectivity index (χ0v) is 14.3. The van der Waals surface area contributed by atoms with E-state index in [1.807, 2.05) is 78.5 Å². The Labute approximate surface area is 151 Å². The summed E-state index contributed by atoms with van der Waals surface area (Å²) in [5.74, 6) is 6.04. The number of benzene rings is 1. The standard InChI is InChI=1S/C23H16NO2/c1-24-13-7-6-10-21(24)12-11-19-15-20-14-17-8-4-2-3-5-9-18(17)16-22(20)26-23(19)25/h2-4,6-8,10-16H,1H3/q+1/b3-2-,4-2?,8-4?,12-11+,17-8?. The van der Waals surface area contributed by atoms with Crippen molar-refractivity contribution in [1.29, 1.82) is 0 Å². The fourth-order valence-electron chi connectivity index (χ4n) is 2.83. The zero-order chi connectivity index (χ0) is 17.9. The van der Waals surface area contributed by atoms with Gasteiger partial charge < -0.3 is 4.42 Å². The number of hydrogen-bond acceptors (Lipinski definition) is 2. The molecule has 0 bridgehead atoms. The van der Waals surface area contributed by atoms with Gasteiger partial charge in [0, 0.05) is 29.2 Å². The molecule has 3 aromatic rings. The Hall–Kier alpha value is -3.64. The summed E-state index contributed by atoms with van der Waals surface area (Å²) in [4.78, 5) is 12.3. The normalized spacial score (nSPS) is 13.7. The summed E-state index contributed by atoms with van der Waals surface area (Å²) in [6.45, 7) is 0. The molecule has 0 atom stereocenters. The van der Waals surface area contributed by atoms with E-state index in [4.69, 9.17) is 4.42 Å². The van der Waals surface area contributed by atoms with Gasteiger partial charge in [0.2, 0.25) is 5.69 Å². The molecule has 0 saturated carbocycles. The second kappa shape index (κ2) is 6.70. The lowest BCUT2D eigenvalue weighted by atomic mass is 10.0. The van der Waals surface area contributed by atoms with Crippen LogP contribution in [0.15, 0.2) is 70.0 Å². The van der Waals surface area contributed by atoms with E-state index < -0.39 is 0 Å². The third-order valence-corrected chi connectivity index (χ3v) is 4.23. The number of pyridine rings is 1. The van der Waals surface area contributed by atoms with Crippen LogP contribution in [-0.2, 0) is 7.05 Å². The van der Waals surface area contributed by atoms with Gasteiger partial charge in [-0.25, -0.2) is 9.36 Å². The van der Waals surface area contributed by atoms with Crippen LogP contribution < -0.4 is 10.2 Å². The molecule has 2 aromatic heterocycles. The number of fused-ring (bicyclic) bond motifs is 2. The van der Waals surface area contributed by atoms with Crippen molar-refractivity contribution >= 4 is 29.2 Å². The van der Waals surface area contributed by atoms with E-state index in [2.05, 4.69) is 11.8 Å². The van der Waals surface area contributed by atoms with E-state index in [0.29, 0.717) is 11.1 Å². The molecule has 0 radical (unpaired) electrons. The van der Waals surface area contributed by atoms with E-state index >= 15 is 0 Å². The smallest absolute Gasteiger partial charge is 0.343 e. The van der Waals surface area contributed by atoms with Crippen molar-refractivity contribution in [3.8, 4) is 11.8 Å². The van der Waals surface area contributed by atoms with E-state index in [-0.39, 0.29) is 5.63 Å². The van der Waals surface area contributed by atoms with E-state index in [0.717, 1.165) is 22.2 Å². The Kier molecular flexibility index (Phi) is 4.09. The van der Waals surface area contributed by atoms with Gasteiger partial charge in [0.15, 0.2) is 6.20 Å². The summed E-state index contributed by atoms with van der Waals surface area (Å²) in [5.41, 5.74) is 3.55. The molecule has 1 aliphatic carbocycles. The Morgan fingerprint density at radius 3 is 2.92 bits per heavy atom. The summed E-state index contributed by atoms with van der Waals surface area (Å²) < 4.78 is 7.51. The monoisotopic (exact) mass is 338 g/mol. The van der Waals surface area contributed by atoms with Gasteiger partial charge in [-0.15, -0.1) is 0 Å². The lowest BCUT2D eigenvalue weighted by Crippen LogP contribution is -2.30. The van der Waals surface area contributed by atoms with Crippen molar-refractivity contribution in [3.05, 3.63) is 93.6 Å². The molecule has 26 heavy (non-hydrogen) atoms. The predicted molar refractivity (Wildman–Crippen MR) is 104 cm³/mol. The molecule has 0 fully saturated rings. The van der Waals surface area contributed by atoms with Gasteiger partial charge in [0.1, 0.15) is 12.6 Å². The number of aromatic nitrogens is 1. The van der Waals surface area contributed by atoms with Crippen LogP contribution in [0.25, 0.3) is 29.2 Å². The minimum atomic E-state index is -0.360. The largest absolute Gasteiger partial charge is 0.422 e. The average molecular weight is 338 g/mol. The summed E-state index contributed by atoms with van der Waals surface area (Å²) in [7, 11) is 1.96. The van der Waals surface area contributed by atoms with Gasteiger partial charge in [0.05, 0.1) is 5.56 Å². The fraction of sp³-hybridized carbons (Fsp3) is 0.0435. The van der Waals surface area contributed by atoms with Crippen LogP contribution in [0, 0.1) is 11.8 Å². The molecule has 1 aromatic carbocycles. The van der Waals surface area contributed by atoms with Gasteiger partial charge in [-0.2, -0.15) is 0 Å². The topological polar surface area (TPSA) is 34.1 Å². The van der Waals surface area contributed by atoms with Gasteiger partial charge in [-0.3, -0.25) is 0 Å². The second-order valence-corrected chi connectivity index (χ2v) is 6.02. The third-order valence-electron chi connectivity index (χ3n) is 4.23. The van der Waals surface area contributed by atoms with Crippen LogP contribution in [0.3, 0.4) is 0 Å². The molecule has 0 unspecified atom stereocenters. The second-order valence-electron chi connectivity index (χ2n) is 6.02. The van der Waals surface area contributed by atoms with Gasteiger partial charge in [0.25, 0.3) is 0 Å². The molecule has 1 aliphatic rings. The maximum absolute atomic E-state index is 12.3. The van der Waals surface area contributed by atoms with Crippen LogP contribution in [0.2, 0.25) is 0 Å². The highest BCUT2D eigenvalue weighted by Gasteiger charge is 2.08. The molecule has 3 nitrogen and oxygen atoms in total. The Balaban J connectivity index is 1.81. The van der Waals surface area contributed by atoms with E-state index in [9.17, 15) is 4.79 Å². The lowest BCUT2D eigenvalue weighted by Gasteiger charge is -2.04. The Bertz CT molecular complexity index is 1210. The quantitative estimate of drug-likeness (QED) is 0.405. The van der Waals surface area contributed by atoms with Gasteiger partial charge in [-0.05, 0) is 42.0 Å². The van der Waals surface area contributed by atoms with Crippen LogP contribution in [0.5, 0.6) is 0 Å². The molecule has 4 rings (SSSR count). The molecule has 0 aliphatic heterocycles. The van der Waals surface area contributed by atoms with Gasteiger partial charge in [-0.1, -0.05) is 30.1 Å². The zero-order valence-electron chi connectivity index (χ0n) is 14.3. The van der Waals surface area contributed by atoms with Crippen molar-refractivity contribution in [1.82, 2.24) is 0 Å². The highest BCUT2D eigenvalue weighted by molar-refractivity contribution is 5.85. The van der Waals surface area contributed by atoms with Crippen molar-refractivity contribution in [2.24, 2.45) is 7.05 Å². The maximum atomic E-state index is 12.3. The summed E-state index contributed by atoms with van der Waals surface area (Å²) in [5, 5.41) is 0.872. The highest BCUT2D eigenvalue weighted by Crippen LogP contribution is 2.22. The number of allylic oxidation sites excluding steroid dienone is 3. The molecule has 0 spiro atoms. The first-order valence-electron chi connectivity index (χ1n) is 8.30. The molecule has 0 saturated heterocycles. The van der Waals surface area contributed by atoms with Crippen LogP contribution in [0.4, 0.5) is 0 Å². The van der Waals surface area contributed by atoms with Crippen molar-refractivity contribution in [2.75, 3.05) is 0 Å². The number of aryl methyl sites for hydroxylation is 1. The minimum absolute atomic E-state index is 0.360. The fourth-order valence-corrected chi connectivity index (χ4v) is 2.83. The average Bonchev–Trinajstić information content (AvgIpc) is 2.61. The molecular formula is C23H16NO2+. The Morgan fingerprint density at radius 2 is 2.04 bits per heavy atom. The van der Waals surface area contributed by atoms with E-state index in [1.165, 1.54) is 0 Å². The summed E-state index contributed by atoms with van der Waals surface area (Å²) in [6.07, 6.45) is 13.3. The first-order valence-corrected chi connectivity index (χ1v) is 8.30. The highest BCUT2D eigenvalue weighted by atomic mass is 16.4. The number of nitrogens with zero attached hydrogens (tertiary/aromatic N) is 1. The van der Waals surface area contributed by atoms with Crippen LogP contribution in [0.1, 0.15) is 22.4 Å². The molecule has 3 heteroatoms.